The van der Waals surface area contributed by atoms with Gasteiger partial charge in [-0.05, 0) is 18.4 Å². The highest BCUT2D eigenvalue weighted by Crippen LogP contribution is 2.17. The summed E-state index contributed by atoms with van der Waals surface area (Å²) in [7, 11) is 0. The van der Waals surface area contributed by atoms with Gasteiger partial charge in [-0.15, -0.1) is 0 Å². The van der Waals surface area contributed by atoms with Crippen LogP contribution in [0.1, 0.15) is 31.7 Å². The van der Waals surface area contributed by atoms with E-state index in [9.17, 15) is 4.79 Å². The molecule has 2 rings (SSSR count). The Morgan fingerprint density at radius 1 is 1.29 bits per heavy atom. The molecule has 1 aliphatic rings. The van der Waals surface area contributed by atoms with Crippen molar-refractivity contribution in [2.75, 3.05) is 26.2 Å². The molecule has 0 bridgehead atoms. The summed E-state index contributed by atoms with van der Waals surface area (Å²) in [6.45, 7) is 5.65. The highest BCUT2D eigenvalue weighted by atomic mass is 16.3. The Morgan fingerprint density at radius 2 is 2.05 bits per heavy atom. The van der Waals surface area contributed by atoms with E-state index in [2.05, 4.69) is 24.0 Å². The summed E-state index contributed by atoms with van der Waals surface area (Å²) in [5, 5.41) is 8.99. The molecule has 1 saturated heterocycles. The summed E-state index contributed by atoms with van der Waals surface area (Å²) in [5.41, 5.74) is 1.19. The number of benzene rings is 1. The zero-order chi connectivity index (χ0) is 15.1. The maximum Gasteiger partial charge on any atom is 0.224 e. The van der Waals surface area contributed by atoms with Crippen molar-refractivity contribution >= 4 is 5.91 Å². The van der Waals surface area contributed by atoms with Crippen molar-refractivity contribution in [3.05, 3.63) is 35.9 Å². The van der Waals surface area contributed by atoms with Crippen LogP contribution in [0.4, 0.5) is 0 Å². The van der Waals surface area contributed by atoms with Crippen molar-refractivity contribution in [2.24, 2.45) is 0 Å². The first kappa shape index (κ1) is 16.0. The molecule has 0 spiro atoms. The third-order valence-electron chi connectivity index (χ3n) is 4.17. The largest absolute Gasteiger partial charge is 0.396 e. The Kier molecular flexibility index (Phi) is 6.21. The predicted molar refractivity (Wildman–Crippen MR) is 83.8 cm³/mol. The Morgan fingerprint density at radius 3 is 2.71 bits per heavy atom. The van der Waals surface area contributed by atoms with Crippen LogP contribution >= 0.6 is 0 Å². The van der Waals surface area contributed by atoms with Crippen molar-refractivity contribution in [1.29, 1.82) is 0 Å². The fourth-order valence-electron chi connectivity index (χ4n) is 2.93. The van der Waals surface area contributed by atoms with Gasteiger partial charge < -0.3 is 14.9 Å². The van der Waals surface area contributed by atoms with Crippen LogP contribution in [0, 0.1) is 0 Å². The highest BCUT2D eigenvalue weighted by Gasteiger charge is 2.28. The van der Waals surface area contributed by atoms with Crippen LogP contribution in [0.3, 0.4) is 0 Å². The van der Waals surface area contributed by atoms with Gasteiger partial charge in [0.25, 0.3) is 0 Å². The average molecular weight is 290 g/mol. The summed E-state index contributed by atoms with van der Waals surface area (Å²) in [5.74, 6) is 0.247. The number of aliphatic hydroxyl groups excluding tert-OH is 1. The van der Waals surface area contributed by atoms with Crippen LogP contribution in [0.5, 0.6) is 0 Å². The molecule has 1 amide bonds. The number of hydrogen-bond donors (Lipinski definition) is 1. The van der Waals surface area contributed by atoms with Crippen molar-refractivity contribution in [3.8, 4) is 0 Å². The number of nitrogens with zero attached hydrogens (tertiary/aromatic N) is 2. The highest BCUT2D eigenvalue weighted by molar-refractivity contribution is 5.77. The fraction of sp³-hybridized carbons (Fsp3) is 0.588. The minimum absolute atomic E-state index is 0.217. The topological polar surface area (TPSA) is 43.8 Å². The maximum atomic E-state index is 12.5. The normalized spacial score (nSPS) is 20.6. The molecule has 0 aliphatic carbocycles. The minimum atomic E-state index is 0.217. The second-order valence-electron chi connectivity index (χ2n) is 5.70. The lowest BCUT2D eigenvalue weighted by atomic mass is 10.1. The van der Waals surface area contributed by atoms with Crippen LogP contribution in [-0.2, 0) is 11.3 Å². The second kappa shape index (κ2) is 8.15. The van der Waals surface area contributed by atoms with E-state index in [1.807, 2.05) is 23.1 Å². The van der Waals surface area contributed by atoms with Gasteiger partial charge >= 0.3 is 0 Å². The molecule has 1 aromatic carbocycles. The Balaban J connectivity index is 2.05. The van der Waals surface area contributed by atoms with Crippen LogP contribution < -0.4 is 0 Å². The number of carbonyl (C=O) groups is 1. The van der Waals surface area contributed by atoms with Gasteiger partial charge in [-0.3, -0.25) is 4.79 Å². The van der Waals surface area contributed by atoms with E-state index < -0.39 is 0 Å². The average Bonchev–Trinajstić information content (AvgIpc) is 2.67. The SMILES string of the molecule is CC[C@@H]1CN(CCCO)CCC(=O)N1Cc1ccccc1. The molecule has 1 aromatic rings. The maximum absolute atomic E-state index is 12.5. The van der Waals surface area contributed by atoms with Gasteiger partial charge in [0.15, 0.2) is 0 Å². The zero-order valence-corrected chi connectivity index (χ0v) is 12.9. The van der Waals surface area contributed by atoms with Crippen LogP contribution in [0.25, 0.3) is 0 Å². The van der Waals surface area contributed by atoms with Gasteiger partial charge in [-0.2, -0.15) is 0 Å². The van der Waals surface area contributed by atoms with Gasteiger partial charge in [0.2, 0.25) is 5.91 Å². The molecule has 1 fully saturated rings. The molecule has 0 saturated carbocycles. The minimum Gasteiger partial charge on any atom is -0.396 e. The molecule has 1 N–H and O–H groups in total. The molecular formula is C17H26N2O2. The third-order valence-corrected chi connectivity index (χ3v) is 4.17. The molecule has 4 nitrogen and oxygen atoms in total. The Bertz CT molecular complexity index is 436. The van der Waals surface area contributed by atoms with Gasteiger partial charge in [0, 0.05) is 45.2 Å². The number of carbonyl (C=O) groups excluding carboxylic acids is 1. The van der Waals surface area contributed by atoms with Crippen LogP contribution in [0.2, 0.25) is 0 Å². The molecule has 21 heavy (non-hydrogen) atoms. The van der Waals surface area contributed by atoms with Gasteiger partial charge in [-0.1, -0.05) is 37.3 Å². The molecule has 116 valence electrons. The van der Waals surface area contributed by atoms with Crippen molar-refractivity contribution in [3.63, 3.8) is 0 Å². The van der Waals surface area contributed by atoms with E-state index in [-0.39, 0.29) is 18.6 Å². The molecule has 4 heteroatoms. The van der Waals surface area contributed by atoms with E-state index in [0.29, 0.717) is 13.0 Å². The van der Waals surface area contributed by atoms with Gasteiger partial charge in [0.1, 0.15) is 0 Å². The van der Waals surface area contributed by atoms with E-state index in [1.54, 1.807) is 0 Å². The quantitative estimate of drug-likeness (QED) is 0.870. The molecule has 1 aliphatic heterocycles. The lowest BCUT2D eigenvalue weighted by Gasteiger charge is -2.31. The van der Waals surface area contributed by atoms with Crippen LogP contribution in [0.15, 0.2) is 30.3 Å². The van der Waals surface area contributed by atoms with Crippen LogP contribution in [-0.4, -0.2) is 53.1 Å². The standard InChI is InChI=1S/C17H26N2O2/c1-2-16-14-18(10-6-12-20)11-9-17(21)19(16)13-15-7-4-3-5-8-15/h3-5,7-8,16,20H,2,6,9-14H2,1H3/t16-/m1/s1. The summed E-state index contributed by atoms with van der Waals surface area (Å²) in [6, 6.07) is 10.5. The predicted octanol–water partition coefficient (Wildman–Crippen LogP) is 1.88. The summed E-state index contributed by atoms with van der Waals surface area (Å²) in [6.07, 6.45) is 2.33. The molecule has 0 unspecified atom stereocenters. The monoisotopic (exact) mass is 290 g/mol. The number of amides is 1. The molecular weight excluding hydrogens is 264 g/mol. The second-order valence-corrected chi connectivity index (χ2v) is 5.70. The third kappa shape index (κ3) is 4.55. The summed E-state index contributed by atoms with van der Waals surface area (Å²) < 4.78 is 0. The Hall–Kier alpha value is -1.39. The number of hydrogen-bond acceptors (Lipinski definition) is 3. The van der Waals surface area contributed by atoms with E-state index in [1.165, 1.54) is 5.56 Å². The summed E-state index contributed by atoms with van der Waals surface area (Å²) in [4.78, 5) is 16.8. The fourth-order valence-corrected chi connectivity index (χ4v) is 2.93. The van der Waals surface area contributed by atoms with Gasteiger partial charge in [-0.25, -0.2) is 0 Å². The van der Waals surface area contributed by atoms with Crippen molar-refractivity contribution < 1.29 is 9.90 Å². The smallest absolute Gasteiger partial charge is 0.224 e. The molecule has 1 atom stereocenters. The zero-order valence-electron chi connectivity index (χ0n) is 12.9. The lowest BCUT2D eigenvalue weighted by Crippen LogP contribution is -2.42. The van der Waals surface area contributed by atoms with Gasteiger partial charge in [0.05, 0.1) is 0 Å². The lowest BCUT2D eigenvalue weighted by molar-refractivity contribution is -0.133. The first-order chi connectivity index (χ1) is 10.2. The molecule has 0 radical (unpaired) electrons. The first-order valence-corrected chi connectivity index (χ1v) is 7.91. The van der Waals surface area contributed by atoms with Crippen molar-refractivity contribution in [1.82, 2.24) is 9.80 Å². The van der Waals surface area contributed by atoms with E-state index >= 15 is 0 Å². The van der Waals surface area contributed by atoms with Crippen molar-refractivity contribution in [2.45, 2.75) is 38.8 Å². The number of rotatable bonds is 6. The summed E-state index contributed by atoms with van der Waals surface area (Å²) >= 11 is 0. The Labute approximate surface area is 127 Å². The van der Waals surface area contributed by atoms with E-state index in [0.717, 1.165) is 32.5 Å². The number of aliphatic hydroxyl groups is 1. The molecule has 1 heterocycles. The first-order valence-electron chi connectivity index (χ1n) is 7.91. The molecule has 0 aromatic heterocycles. The van der Waals surface area contributed by atoms with E-state index in [4.69, 9.17) is 5.11 Å².